The van der Waals surface area contributed by atoms with Crippen LogP contribution in [0.25, 0.3) is 0 Å². The maximum Gasteiger partial charge on any atom is 0.230 e. The minimum atomic E-state index is -0.250. The minimum absolute atomic E-state index is 0.139. The van der Waals surface area contributed by atoms with E-state index in [1.165, 1.54) is 43.4 Å². The summed E-state index contributed by atoms with van der Waals surface area (Å²) in [6.07, 6.45) is 11.8. The van der Waals surface area contributed by atoms with E-state index in [4.69, 9.17) is 9.98 Å². The zero-order valence-corrected chi connectivity index (χ0v) is 16.8. The Morgan fingerprint density at radius 2 is 1.92 bits per heavy atom. The number of thioether (sulfide) groups is 1. The Hall–Kier alpha value is -1.14. The molecule has 0 saturated heterocycles. The van der Waals surface area contributed by atoms with Gasteiger partial charge in [-0.05, 0) is 50.0 Å². The summed E-state index contributed by atoms with van der Waals surface area (Å²) in [5.41, 5.74) is 0.761. The van der Waals surface area contributed by atoms with Gasteiger partial charge in [-0.3, -0.25) is 9.79 Å². The molecule has 1 amide bonds. The van der Waals surface area contributed by atoms with Gasteiger partial charge < -0.3 is 5.32 Å². The van der Waals surface area contributed by atoms with Crippen LogP contribution in [0.3, 0.4) is 0 Å². The summed E-state index contributed by atoms with van der Waals surface area (Å²) in [5.74, 6) is 0.579. The van der Waals surface area contributed by atoms with Crippen LogP contribution in [0, 0.1) is 0 Å². The fraction of sp³-hybridized carbons (Fsp3) is 0.650. The second kappa shape index (κ2) is 8.26. The van der Waals surface area contributed by atoms with E-state index in [0.29, 0.717) is 11.8 Å². The van der Waals surface area contributed by atoms with E-state index in [-0.39, 0.29) is 11.6 Å². The van der Waals surface area contributed by atoms with Crippen molar-refractivity contribution < 1.29 is 4.79 Å². The topological polar surface area (TPSA) is 53.8 Å². The van der Waals surface area contributed by atoms with E-state index >= 15 is 0 Å². The smallest absolute Gasteiger partial charge is 0.230 e. The number of hydrogen-bond donors (Lipinski definition) is 1. The third-order valence-corrected chi connectivity index (χ3v) is 7.39. The van der Waals surface area contributed by atoms with Crippen LogP contribution in [0.5, 0.6) is 0 Å². The molecule has 1 aliphatic heterocycles. The van der Waals surface area contributed by atoms with Crippen molar-refractivity contribution in [3.05, 3.63) is 22.4 Å². The summed E-state index contributed by atoms with van der Waals surface area (Å²) in [6.45, 7) is 0. The number of thiophene rings is 1. The Bertz CT molecular complexity index is 684. The summed E-state index contributed by atoms with van der Waals surface area (Å²) >= 11 is 3.28. The van der Waals surface area contributed by atoms with Crippen LogP contribution in [-0.2, 0) is 4.79 Å². The van der Waals surface area contributed by atoms with Crippen molar-refractivity contribution in [2.45, 2.75) is 75.9 Å². The Labute approximate surface area is 164 Å². The van der Waals surface area contributed by atoms with Crippen molar-refractivity contribution in [3.63, 3.8) is 0 Å². The Balaban J connectivity index is 1.42. The van der Waals surface area contributed by atoms with Gasteiger partial charge in [0, 0.05) is 6.04 Å². The van der Waals surface area contributed by atoms with Gasteiger partial charge >= 0.3 is 0 Å². The van der Waals surface area contributed by atoms with E-state index in [1.54, 1.807) is 23.1 Å². The molecule has 0 radical (unpaired) electrons. The number of nitrogens with one attached hydrogen (secondary N) is 1. The molecule has 2 fully saturated rings. The van der Waals surface area contributed by atoms with Gasteiger partial charge in [-0.15, -0.1) is 11.3 Å². The van der Waals surface area contributed by atoms with Crippen molar-refractivity contribution in [2.75, 3.05) is 5.75 Å². The lowest BCUT2D eigenvalue weighted by atomic mass is 9.90. The van der Waals surface area contributed by atoms with Crippen molar-refractivity contribution >= 4 is 39.8 Å². The van der Waals surface area contributed by atoms with Gasteiger partial charge in [-0.1, -0.05) is 43.5 Å². The highest BCUT2D eigenvalue weighted by Crippen LogP contribution is 2.39. The van der Waals surface area contributed by atoms with Gasteiger partial charge in [-0.2, -0.15) is 0 Å². The lowest BCUT2D eigenvalue weighted by molar-refractivity contribution is -0.119. The number of aliphatic imine (C=N–C) groups is 2. The lowest BCUT2D eigenvalue weighted by Gasteiger charge is -2.27. The second-order valence-electron chi connectivity index (χ2n) is 7.59. The predicted octanol–water partition coefficient (Wildman–Crippen LogP) is 4.79. The average Bonchev–Trinajstić information content (AvgIpc) is 3.30. The molecule has 2 heterocycles. The summed E-state index contributed by atoms with van der Waals surface area (Å²) in [5, 5.41) is 6.26. The zero-order chi connectivity index (χ0) is 17.8. The fourth-order valence-corrected chi connectivity index (χ4v) is 5.85. The molecule has 2 saturated carbocycles. The third kappa shape index (κ3) is 4.22. The van der Waals surface area contributed by atoms with Crippen molar-refractivity contribution in [1.82, 2.24) is 5.32 Å². The summed E-state index contributed by atoms with van der Waals surface area (Å²) < 4.78 is 0. The van der Waals surface area contributed by atoms with Crippen molar-refractivity contribution in [1.29, 1.82) is 0 Å². The first-order chi connectivity index (χ1) is 12.7. The molecule has 140 valence electrons. The van der Waals surface area contributed by atoms with Crippen LogP contribution in [0.2, 0.25) is 0 Å². The van der Waals surface area contributed by atoms with Crippen LogP contribution in [0.15, 0.2) is 27.5 Å². The molecule has 1 N–H and O–H groups in total. The van der Waals surface area contributed by atoms with E-state index < -0.39 is 0 Å². The van der Waals surface area contributed by atoms with Gasteiger partial charge in [0.05, 0.1) is 10.6 Å². The molecule has 4 nitrogen and oxygen atoms in total. The first kappa shape index (κ1) is 18.2. The molecule has 2 aliphatic carbocycles. The van der Waals surface area contributed by atoms with Crippen LogP contribution >= 0.6 is 23.1 Å². The molecule has 6 heteroatoms. The van der Waals surface area contributed by atoms with Crippen molar-refractivity contribution in [3.8, 4) is 0 Å². The first-order valence-corrected chi connectivity index (χ1v) is 11.8. The van der Waals surface area contributed by atoms with Crippen LogP contribution < -0.4 is 5.32 Å². The lowest BCUT2D eigenvalue weighted by Crippen LogP contribution is -2.37. The van der Waals surface area contributed by atoms with Crippen LogP contribution in [0.1, 0.15) is 69.1 Å². The maximum atomic E-state index is 12.4. The Morgan fingerprint density at radius 1 is 1.15 bits per heavy atom. The first-order valence-electron chi connectivity index (χ1n) is 9.90. The standard InChI is InChI=1S/C20H27N3OS2/c24-17(21-15-8-3-1-4-9-15)14-26-19-18(16-10-7-13-25-16)22-20(23-19)11-5-2-6-12-20/h7,10,13,15H,1-6,8-9,11-12,14H2,(H,21,24). The van der Waals surface area contributed by atoms with Gasteiger partial charge in [0.2, 0.25) is 5.91 Å². The van der Waals surface area contributed by atoms with E-state index in [9.17, 15) is 4.79 Å². The zero-order valence-electron chi connectivity index (χ0n) is 15.2. The molecule has 3 aliphatic rings. The minimum Gasteiger partial charge on any atom is -0.353 e. The molecular weight excluding hydrogens is 362 g/mol. The number of hydrogen-bond acceptors (Lipinski definition) is 5. The highest BCUT2D eigenvalue weighted by Gasteiger charge is 2.38. The van der Waals surface area contributed by atoms with Crippen LogP contribution in [-0.4, -0.2) is 34.1 Å². The Kier molecular flexibility index (Phi) is 5.79. The normalized spacial score (nSPS) is 22.9. The Morgan fingerprint density at radius 3 is 2.65 bits per heavy atom. The number of rotatable bonds is 4. The summed E-state index contributed by atoms with van der Waals surface area (Å²) in [6, 6.07) is 4.55. The maximum absolute atomic E-state index is 12.4. The summed E-state index contributed by atoms with van der Waals surface area (Å²) in [7, 11) is 0. The molecule has 0 atom stereocenters. The SMILES string of the molecule is O=C(CSC1=NC2(CCCCC2)N=C1c1cccs1)NC1CCCCC1. The second-order valence-corrected chi connectivity index (χ2v) is 9.50. The fourth-order valence-electron chi connectivity index (χ4n) is 4.19. The molecule has 26 heavy (non-hydrogen) atoms. The third-order valence-electron chi connectivity index (χ3n) is 5.55. The highest BCUT2D eigenvalue weighted by molar-refractivity contribution is 8.16. The average molecular weight is 390 g/mol. The molecule has 1 spiro atoms. The highest BCUT2D eigenvalue weighted by atomic mass is 32.2. The summed E-state index contributed by atoms with van der Waals surface area (Å²) in [4.78, 5) is 23.7. The molecule has 0 unspecified atom stereocenters. The number of amides is 1. The van der Waals surface area contributed by atoms with Gasteiger partial charge in [0.25, 0.3) is 0 Å². The number of carbonyl (C=O) groups excluding carboxylic acids is 1. The van der Waals surface area contributed by atoms with Gasteiger partial charge in [0.15, 0.2) is 5.66 Å². The molecular formula is C20H27N3OS2. The molecule has 1 aromatic heterocycles. The number of nitrogens with zero attached hydrogens (tertiary/aromatic N) is 2. The van der Waals surface area contributed by atoms with Gasteiger partial charge in [-0.25, -0.2) is 4.99 Å². The van der Waals surface area contributed by atoms with Crippen molar-refractivity contribution in [2.24, 2.45) is 9.98 Å². The molecule has 0 bridgehead atoms. The van der Waals surface area contributed by atoms with E-state index in [0.717, 1.165) is 36.4 Å². The predicted molar refractivity (Wildman–Crippen MR) is 112 cm³/mol. The monoisotopic (exact) mass is 389 g/mol. The van der Waals surface area contributed by atoms with E-state index in [2.05, 4.69) is 22.8 Å². The van der Waals surface area contributed by atoms with E-state index in [1.807, 2.05) is 0 Å². The quantitative estimate of drug-likeness (QED) is 0.805. The molecule has 1 aromatic rings. The van der Waals surface area contributed by atoms with Crippen LogP contribution in [0.4, 0.5) is 0 Å². The van der Waals surface area contributed by atoms with Gasteiger partial charge in [0.1, 0.15) is 10.8 Å². The molecule has 0 aromatic carbocycles. The largest absolute Gasteiger partial charge is 0.353 e. The number of carbonyl (C=O) groups is 1. The molecule has 4 rings (SSSR count).